The van der Waals surface area contributed by atoms with Gasteiger partial charge >= 0.3 is 6.09 Å². The van der Waals surface area contributed by atoms with Crippen LogP contribution in [-0.2, 0) is 11.3 Å². The minimum Gasteiger partial charge on any atom is -0.444 e. The molecular weight excluding hydrogens is 200 g/mol. The Morgan fingerprint density at radius 2 is 2.33 bits per heavy atom. The standard InChI is InChI=1S/C9H14N2O4/c1-9(2,3)14-8(13)10-7-4-6(5-12)15-11-7/h4,12H,5H2,1-3H3,(H,10,11,13). The highest BCUT2D eigenvalue weighted by atomic mass is 16.6. The smallest absolute Gasteiger partial charge is 0.413 e. The second kappa shape index (κ2) is 4.31. The summed E-state index contributed by atoms with van der Waals surface area (Å²) in [5, 5.41) is 14.6. The number of nitrogens with one attached hydrogen (secondary N) is 1. The summed E-state index contributed by atoms with van der Waals surface area (Å²) in [6.07, 6.45) is -0.611. The molecule has 15 heavy (non-hydrogen) atoms. The Kier molecular flexibility index (Phi) is 3.31. The summed E-state index contributed by atoms with van der Waals surface area (Å²) in [7, 11) is 0. The highest BCUT2D eigenvalue weighted by molar-refractivity contribution is 5.83. The van der Waals surface area contributed by atoms with Crippen LogP contribution < -0.4 is 5.32 Å². The molecule has 0 bridgehead atoms. The van der Waals surface area contributed by atoms with Crippen molar-refractivity contribution in [2.24, 2.45) is 0 Å². The van der Waals surface area contributed by atoms with Crippen LogP contribution in [0.3, 0.4) is 0 Å². The van der Waals surface area contributed by atoms with E-state index in [1.165, 1.54) is 6.07 Å². The summed E-state index contributed by atoms with van der Waals surface area (Å²) in [5.74, 6) is 0.495. The summed E-state index contributed by atoms with van der Waals surface area (Å²) in [5.41, 5.74) is -0.562. The van der Waals surface area contributed by atoms with E-state index in [0.717, 1.165) is 0 Å². The Bertz CT molecular complexity index is 340. The van der Waals surface area contributed by atoms with Crippen LogP contribution in [0.2, 0.25) is 0 Å². The van der Waals surface area contributed by atoms with Gasteiger partial charge in [0.05, 0.1) is 0 Å². The molecule has 0 aliphatic heterocycles. The lowest BCUT2D eigenvalue weighted by molar-refractivity contribution is 0.0634. The van der Waals surface area contributed by atoms with Crippen LogP contribution in [0.15, 0.2) is 10.6 Å². The average molecular weight is 214 g/mol. The van der Waals surface area contributed by atoms with Crippen LogP contribution in [0.1, 0.15) is 26.5 Å². The molecule has 0 atom stereocenters. The second-order valence-corrected chi connectivity index (χ2v) is 3.96. The summed E-state index contributed by atoms with van der Waals surface area (Å²) in [6, 6.07) is 1.42. The number of anilines is 1. The lowest BCUT2D eigenvalue weighted by Gasteiger charge is -2.18. The number of ether oxygens (including phenoxy) is 1. The van der Waals surface area contributed by atoms with Crippen molar-refractivity contribution in [3.8, 4) is 0 Å². The Morgan fingerprint density at radius 1 is 1.67 bits per heavy atom. The molecule has 1 aromatic rings. The van der Waals surface area contributed by atoms with Crippen molar-refractivity contribution in [3.05, 3.63) is 11.8 Å². The van der Waals surface area contributed by atoms with Gasteiger partial charge in [-0.05, 0) is 20.8 Å². The van der Waals surface area contributed by atoms with Crippen molar-refractivity contribution in [2.45, 2.75) is 33.0 Å². The van der Waals surface area contributed by atoms with Crippen molar-refractivity contribution in [2.75, 3.05) is 5.32 Å². The van der Waals surface area contributed by atoms with Crippen LogP contribution in [0.25, 0.3) is 0 Å². The summed E-state index contributed by atoms with van der Waals surface area (Å²) in [6.45, 7) is 5.01. The zero-order valence-electron chi connectivity index (χ0n) is 8.90. The van der Waals surface area contributed by atoms with Crippen molar-refractivity contribution in [1.82, 2.24) is 5.16 Å². The normalized spacial score (nSPS) is 11.2. The van der Waals surface area contributed by atoms with Gasteiger partial charge in [-0.15, -0.1) is 0 Å². The number of nitrogens with zero attached hydrogens (tertiary/aromatic N) is 1. The van der Waals surface area contributed by atoms with Crippen LogP contribution in [0.4, 0.5) is 10.6 Å². The number of hydrogen-bond acceptors (Lipinski definition) is 5. The highest BCUT2D eigenvalue weighted by Gasteiger charge is 2.17. The minimum atomic E-state index is -0.611. The number of rotatable bonds is 2. The molecule has 0 aliphatic carbocycles. The molecule has 6 nitrogen and oxygen atoms in total. The SMILES string of the molecule is CC(C)(C)OC(=O)Nc1cc(CO)on1. The molecule has 1 aromatic heterocycles. The fraction of sp³-hybridized carbons (Fsp3) is 0.556. The van der Waals surface area contributed by atoms with Gasteiger partial charge in [-0.1, -0.05) is 5.16 Å². The number of carbonyl (C=O) groups excluding carboxylic acids is 1. The van der Waals surface area contributed by atoms with Gasteiger partial charge in [-0.3, -0.25) is 5.32 Å². The van der Waals surface area contributed by atoms with E-state index in [4.69, 9.17) is 9.84 Å². The van der Waals surface area contributed by atoms with Crippen LogP contribution in [-0.4, -0.2) is 22.0 Å². The third-order valence-electron chi connectivity index (χ3n) is 1.34. The molecule has 0 aromatic carbocycles. The predicted octanol–water partition coefficient (Wildman–Crippen LogP) is 1.51. The average Bonchev–Trinajstić information content (AvgIpc) is 2.48. The number of hydrogen-bond donors (Lipinski definition) is 2. The van der Waals surface area contributed by atoms with Crippen LogP contribution >= 0.6 is 0 Å². The fourth-order valence-electron chi connectivity index (χ4n) is 0.855. The number of amides is 1. The zero-order valence-corrected chi connectivity index (χ0v) is 8.90. The molecule has 0 saturated carbocycles. The third kappa shape index (κ3) is 3.99. The number of aliphatic hydroxyl groups excluding tert-OH is 1. The van der Waals surface area contributed by atoms with E-state index < -0.39 is 11.7 Å². The Morgan fingerprint density at radius 3 is 2.80 bits per heavy atom. The van der Waals surface area contributed by atoms with Crippen molar-refractivity contribution >= 4 is 11.9 Å². The van der Waals surface area contributed by atoms with E-state index in [9.17, 15) is 4.79 Å². The van der Waals surface area contributed by atoms with Crippen molar-refractivity contribution < 1.29 is 19.2 Å². The fourth-order valence-corrected chi connectivity index (χ4v) is 0.855. The molecule has 1 rings (SSSR count). The summed E-state index contributed by atoms with van der Waals surface area (Å²) < 4.78 is 9.66. The van der Waals surface area contributed by atoms with E-state index >= 15 is 0 Å². The first-order chi connectivity index (χ1) is 6.90. The third-order valence-corrected chi connectivity index (χ3v) is 1.34. The van der Waals surface area contributed by atoms with E-state index in [2.05, 4.69) is 15.0 Å². The maximum absolute atomic E-state index is 11.2. The second-order valence-electron chi connectivity index (χ2n) is 3.96. The molecule has 0 radical (unpaired) electrons. The predicted molar refractivity (Wildman–Crippen MR) is 52.3 cm³/mol. The highest BCUT2D eigenvalue weighted by Crippen LogP contribution is 2.12. The molecule has 0 spiro atoms. The lowest BCUT2D eigenvalue weighted by Crippen LogP contribution is -2.27. The van der Waals surface area contributed by atoms with Gasteiger partial charge in [0.15, 0.2) is 11.6 Å². The van der Waals surface area contributed by atoms with E-state index in [0.29, 0.717) is 0 Å². The van der Waals surface area contributed by atoms with Gasteiger partial charge in [0.1, 0.15) is 12.2 Å². The maximum Gasteiger partial charge on any atom is 0.413 e. The molecule has 6 heteroatoms. The quantitative estimate of drug-likeness (QED) is 0.779. The Balaban J connectivity index is 2.51. The van der Waals surface area contributed by atoms with Gasteiger partial charge in [0.25, 0.3) is 0 Å². The van der Waals surface area contributed by atoms with Crippen molar-refractivity contribution in [3.63, 3.8) is 0 Å². The minimum absolute atomic E-state index is 0.216. The molecule has 1 amide bonds. The molecule has 0 saturated heterocycles. The van der Waals surface area contributed by atoms with Gasteiger partial charge < -0.3 is 14.4 Å². The molecule has 0 aliphatic rings. The Labute approximate surface area is 87.2 Å². The van der Waals surface area contributed by atoms with Gasteiger partial charge in [0, 0.05) is 6.07 Å². The van der Waals surface area contributed by atoms with E-state index in [1.54, 1.807) is 20.8 Å². The molecule has 2 N–H and O–H groups in total. The van der Waals surface area contributed by atoms with Gasteiger partial charge in [-0.25, -0.2) is 4.79 Å². The monoisotopic (exact) mass is 214 g/mol. The Hall–Kier alpha value is -1.56. The molecule has 84 valence electrons. The summed E-state index contributed by atoms with van der Waals surface area (Å²) in [4.78, 5) is 11.2. The first-order valence-electron chi connectivity index (χ1n) is 4.47. The first-order valence-corrected chi connectivity index (χ1v) is 4.47. The topological polar surface area (TPSA) is 84.6 Å². The van der Waals surface area contributed by atoms with Gasteiger partial charge in [0.2, 0.25) is 0 Å². The van der Waals surface area contributed by atoms with Crippen LogP contribution in [0, 0.1) is 0 Å². The maximum atomic E-state index is 11.2. The largest absolute Gasteiger partial charge is 0.444 e. The molecule has 1 heterocycles. The summed E-state index contributed by atoms with van der Waals surface area (Å²) >= 11 is 0. The molecule has 0 unspecified atom stereocenters. The van der Waals surface area contributed by atoms with E-state index in [-0.39, 0.29) is 18.2 Å². The first kappa shape index (κ1) is 11.5. The molecular formula is C9H14N2O4. The number of carbonyl (C=O) groups is 1. The van der Waals surface area contributed by atoms with E-state index in [1.807, 2.05) is 0 Å². The molecule has 0 fully saturated rings. The van der Waals surface area contributed by atoms with Crippen LogP contribution in [0.5, 0.6) is 0 Å². The lowest BCUT2D eigenvalue weighted by atomic mass is 10.2. The van der Waals surface area contributed by atoms with Gasteiger partial charge in [-0.2, -0.15) is 0 Å². The number of aliphatic hydroxyl groups is 1. The van der Waals surface area contributed by atoms with Crippen molar-refractivity contribution in [1.29, 1.82) is 0 Å². The number of aromatic nitrogens is 1. The zero-order chi connectivity index (χ0) is 11.5.